The van der Waals surface area contributed by atoms with Crippen molar-refractivity contribution in [2.24, 2.45) is 0 Å². The SMILES string of the molecule is Cc1ccc(-c2cc(N)c(=O)n(C(C)C(=O)NCc3ccco3)n2)o1. The third kappa shape index (κ3) is 3.47. The number of carbonyl (C=O) groups excluding carboxylic acids is 1. The van der Waals surface area contributed by atoms with Crippen LogP contribution in [0.2, 0.25) is 0 Å². The van der Waals surface area contributed by atoms with E-state index in [9.17, 15) is 9.59 Å². The van der Waals surface area contributed by atoms with E-state index in [1.807, 2.05) is 0 Å². The minimum atomic E-state index is -0.847. The van der Waals surface area contributed by atoms with Crippen LogP contribution in [-0.2, 0) is 11.3 Å². The number of carbonyl (C=O) groups is 1. The zero-order valence-electron chi connectivity index (χ0n) is 13.9. The molecular weight excluding hydrogens is 324 g/mol. The molecular formula is C17H18N4O4. The molecule has 130 valence electrons. The Morgan fingerprint density at radius 2 is 2.20 bits per heavy atom. The highest BCUT2D eigenvalue weighted by Gasteiger charge is 2.20. The van der Waals surface area contributed by atoms with Crippen molar-refractivity contribution < 1.29 is 13.6 Å². The summed E-state index contributed by atoms with van der Waals surface area (Å²) in [5.41, 5.74) is 5.63. The van der Waals surface area contributed by atoms with Crippen molar-refractivity contribution in [1.82, 2.24) is 15.1 Å². The molecule has 3 heterocycles. The quantitative estimate of drug-likeness (QED) is 0.731. The molecule has 3 aromatic heterocycles. The Morgan fingerprint density at radius 3 is 2.84 bits per heavy atom. The molecule has 3 rings (SSSR count). The molecule has 0 spiro atoms. The Bertz CT molecular complexity index is 940. The molecule has 0 bridgehead atoms. The molecule has 1 unspecified atom stereocenters. The summed E-state index contributed by atoms with van der Waals surface area (Å²) < 4.78 is 11.7. The van der Waals surface area contributed by atoms with E-state index in [0.717, 1.165) is 4.68 Å². The predicted octanol–water partition coefficient (Wildman–Crippen LogP) is 1.86. The third-order valence-electron chi connectivity index (χ3n) is 3.72. The van der Waals surface area contributed by atoms with E-state index >= 15 is 0 Å². The molecule has 0 aromatic carbocycles. The first-order valence-electron chi connectivity index (χ1n) is 7.72. The summed E-state index contributed by atoms with van der Waals surface area (Å²) in [6.07, 6.45) is 1.52. The zero-order valence-corrected chi connectivity index (χ0v) is 13.9. The van der Waals surface area contributed by atoms with E-state index in [0.29, 0.717) is 23.0 Å². The summed E-state index contributed by atoms with van der Waals surface area (Å²) in [6.45, 7) is 3.59. The summed E-state index contributed by atoms with van der Waals surface area (Å²) in [5.74, 6) is 1.41. The second-order valence-electron chi connectivity index (χ2n) is 5.62. The van der Waals surface area contributed by atoms with Crippen molar-refractivity contribution in [2.75, 3.05) is 5.73 Å². The van der Waals surface area contributed by atoms with Crippen molar-refractivity contribution >= 4 is 11.6 Å². The van der Waals surface area contributed by atoms with E-state index < -0.39 is 11.6 Å². The number of nitrogens with one attached hydrogen (secondary N) is 1. The van der Waals surface area contributed by atoms with Crippen LogP contribution >= 0.6 is 0 Å². The van der Waals surface area contributed by atoms with Crippen molar-refractivity contribution in [3.8, 4) is 11.5 Å². The van der Waals surface area contributed by atoms with E-state index in [1.54, 1.807) is 38.1 Å². The van der Waals surface area contributed by atoms with Crippen LogP contribution in [0.1, 0.15) is 24.5 Å². The van der Waals surface area contributed by atoms with Crippen molar-refractivity contribution in [3.63, 3.8) is 0 Å². The molecule has 8 nitrogen and oxygen atoms in total. The first-order valence-corrected chi connectivity index (χ1v) is 7.72. The molecule has 0 saturated heterocycles. The minimum absolute atomic E-state index is 0.00950. The minimum Gasteiger partial charge on any atom is -0.467 e. The van der Waals surface area contributed by atoms with Gasteiger partial charge in [-0.1, -0.05) is 0 Å². The highest BCUT2D eigenvalue weighted by molar-refractivity contribution is 5.79. The standard InChI is InChI=1S/C17H18N4O4/c1-10-5-6-15(25-10)14-8-13(18)17(23)21(20-14)11(2)16(22)19-9-12-4-3-7-24-12/h3-8,11H,9,18H2,1-2H3,(H,19,22). The van der Waals surface area contributed by atoms with Crippen LogP contribution in [0.15, 0.2) is 50.2 Å². The Kier molecular flexibility index (Phi) is 4.42. The molecule has 8 heteroatoms. The highest BCUT2D eigenvalue weighted by atomic mass is 16.3. The fraction of sp³-hybridized carbons (Fsp3) is 0.235. The Hall–Kier alpha value is -3.29. The van der Waals surface area contributed by atoms with E-state index in [2.05, 4.69) is 10.4 Å². The first-order chi connectivity index (χ1) is 12.0. The van der Waals surface area contributed by atoms with Gasteiger partial charge in [-0.05, 0) is 44.2 Å². The molecule has 0 aliphatic heterocycles. The molecule has 25 heavy (non-hydrogen) atoms. The number of aryl methyl sites for hydroxylation is 1. The molecule has 0 aliphatic rings. The van der Waals surface area contributed by atoms with Crippen LogP contribution in [0.4, 0.5) is 5.69 Å². The topological polar surface area (TPSA) is 116 Å². The van der Waals surface area contributed by atoms with Gasteiger partial charge in [0.1, 0.15) is 28.9 Å². The lowest BCUT2D eigenvalue weighted by atomic mass is 10.2. The summed E-state index contributed by atoms with van der Waals surface area (Å²) in [4.78, 5) is 24.6. The highest BCUT2D eigenvalue weighted by Crippen LogP contribution is 2.20. The Labute approximate surface area is 143 Å². The van der Waals surface area contributed by atoms with E-state index in [4.69, 9.17) is 14.6 Å². The van der Waals surface area contributed by atoms with Gasteiger partial charge in [-0.2, -0.15) is 5.10 Å². The number of anilines is 1. The van der Waals surface area contributed by atoms with Crippen LogP contribution in [-0.4, -0.2) is 15.7 Å². The number of amides is 1. The van der Waals surface area contributed by atoms with Crippen LogP contribution in [0, 0.1) is 6.92 Å². The number of nitrogen functional groups attached to an aromatic ring is 1. The number of nitrogens with two attached hydrogens (primary N) is 1. The molecule has 0 saturated carbocycles. The maximum atomic E-state index is 12.3. The van der Waals surface area contributed by atoms with Gasteiger partial charge in [0.15, 0.2) is 5.76 Å². The number of hydrogen-bond acceptors (Lipinski definition) is 6. The molecule has 1 amide bonds. The molecule has 3 aromatic rings. The zero-order chi connectivity index (χ0) is 18.0. The summed E-state index contributed by atoms with van der Waals surface area (Å²) in [5, 5.41) is 6.93. The van der Waals surface area contributed by atoms with Crippen molar-refractivity contribution in [3.05, 3.63) is 58.5 Å². The Balaban J connectivity index is 1.86. The van der Waals surface area contributed by atoms with Gasteiger partial charge in [0.05, 0.1) is 12.8 Å². The van der Waals surface area contributed by atoms with Gasteiger partial charge in [0.2, 0.25) is 5.91 Å². The van der Waals surface area contributed by atoms with Crippen molar-refractivity contribution in [2.45, 2.75) is 26.4 Å². The average molecular weight is 342 g/mol. The van der Waals surface area contributed by atoms with Gasteiger partial charge in [-0.25, -0.2) is 4.68 Å². The van der Waals surface area contributed by atoms with Crippen LogP contribution in [0.25, 0.3) is 11.5 Å². The smallest absolute Gasteiger partial charge is 0.290 e. The lowest BCUT2D eigenvalue weighted by Gasteiger charge is -2.15. The van der Waals surface area contributed by atoms with Gasteiger partial charge in [-0.3, -0.25) is 9.59 Å². The lowest BCUT2D eigenvalue weighted by Crippen LogP contribution is -2.37. The Morgan fingerprint density at radius 1 is 1.40 bits per heavy atom. The monoisotopic (exact) mass is 342 g/mol. The fourth-order valence-electron chi connectivity index (χ4n) is 2.33. The summed E-state index contributed by atoms with van der Waals surface area (Å²) in [7, 11) is 0. The van der Waals surface area contributed by atoms with Gasteiger partial charge in [-0.15, -0.1) is 0 Å². The molecule has 0 fully saturated rings. The van der Waals surface area contributed by atoms with Crippen LogP contribution in [0.5, 0.6) is 0 Å². The summed E-state index contributed by atoms with van der Waals surface area (Å²) >= 11 is 0. The van der Waals surface area contributed by atoms with Gasteiger partial charge in [0.25, 0.3) is 5.56 Å². The van der Waals surface area contributed by atoms with Crippen LogP contribution in [0.3, 0.4) is 0 Å². The average Bonchev–Trinajstić information content (AvgIpc) is 3.26. The molecule has 0 aliphatic carbocycles. The maximum Gasteiger partial charge on any atom is 0.290 e. The van der Waals surface area contributed by atoms with Gasteiger partial charge < -0.3 is 19.9 Å². The van der Waals surface area contributed by atoms with Gasteiger partial charge in [0, 0.05) is 0 Å². The lowest BCUT2D eigenvalue weighted by molar-refractivity contribution is -0.124. The first kappa shape index (κ1) is 16.6. The number of furan rings is 2. The maximum absolute atomic E-state index is 12.3. The second kappa shape index (κ2) is 6.68. The van der Waals surface area contributed by atoms with Crippen molar-refractivity contribution in [1.29, 1.82) is 0 Å². The predicted molar refractivity (Wildman–Crippen MR) is 90.6 cm³/mol. The number of nitrogens with zero attached hydrogens (tertiary/aromatic N) is 2. The largest absolute Gasteiger partial charge is 0.467 e. The molecule has 0 radical (unpaired) electrons. The van der Waals surface area contributed by atoms with E-state index in [-0.39, 0.29) is 18.1 Å². The van der Waals surface area contributed by atoms with Gasteiger partial charge >= 0.3 is 0 Å². The summed E-state index contributed by atoms with van der Waals surface area (Å²) in [6, 6.07) is 7.57. The molecule has 3 N–H and O–H groups in total. The number of hydrogen-bond donors (Lipinski definition) is 2. The fourth-order valence-corrected chi connectivity index (χ4v) is 2.33. The van der Waals surface area contributed by atoms with E-state index in [1.165, 1.54) is 12.3 Å². The second-order valence-corrected chi connectivity index (χ2v) is 5.62. The third-order valence-corrected chi connectivity index (χ3v) is 3.72. The van der Waals surface area contributed by atoms with Crippen LogP contribution < -0.4 is 16.6 Å². The normalized spacial score (nSPS) is 12.1. The number of rotatable bonds is 5. The molecule has 1 atom stereocenters. The number of aromatic nitrogens is 2.